The van der Waals surface area contributed by atoms with Crippen LogP contribution in [0.5, 0.6) is 0 Å². The second-order valence-corrected chi connectivity index (χ2v) is 6.12. The summed E-state index contributed by atoms with van der Waals surface area (Å²) in [5, 5.41) is 14.6. The van der Waals surface area contributed by atoms with Crippen molar-refractivity contribution in [3.05, 3.63) is 53.0 Å². The Balaban J connectivity index is 1.92. The number of piperidine rings is 1. The van der Waals surface area contributed by atoms with Crippen molar-refractivity contribution in [3.8, 4) is 0 Å². The quantitative estimate of drug-likeness (QED) is 0.739. The third-order valence-electron chi connectivity index (χ3n) is 4.88. The van der Waals surface area contributed by atoms with Crippen LogP contribution in [-0.2, 0) is 0 Å². The number of fused-ring (bicyclic) bond motifs is 1. The third kappa shape index (κ3) is 2.71. The normalized spacial score (nSPS) is 24.5. The van der Waals surface area contributed by atoms with Gasteiger partial charge in [-0.3, -0.25) is 0 Å². The molecule has 1 heterocycles. The molecule has 1 aromatic carbocycles. The van der Waals surface area contributed by atoms with E-state index in [-0.39, 0.29) is 11.2 Å². The van der Waals surface area contributed by atoms with Gasteiger partial charge in [0.15, 0.2) is 0 Å². The summed E-state index contributed by atoms with van der Waals surface area (Å²) in [5.74, 6) is -0.239. The van der Waals surface area contributed by atoms with Crippen molar-refractivity contribution < 1.29 is 4.39 Å². The maximum absolute atomic E-state index is 13.0. The summed E-state index contributed by atoms with van der Waals surface area (Å²) < 4.78 is 13.0. The summed E-state index contributed by atoms with van der Waals surface area (Å²) in [5.41, 5.74) is 4.45. The highest BCUT2D eigenvalue weighted by Crippen LogP contribution is 2.44. The van der Waals surface area contributed by atoms with Crippen molar-refractivity contribution in [1.82, 2.24) is 5.32 Å². The first-order chi connectivity index (χ1) is 10.7. The van der Waals surface area contributed by atoms with Gasteiger partial charge in [-0.1, -0.05) is 12.5 Å². The lowest BCUT2D eigenvalue weighted by Crippen LogP contribution is -2.43. The van der Waals surface area contributed by atoms with Gasteiger partial charge in [0.2, 0.25) is 0 Å². The molecule has 0 bridgehead atoms. The predicted molar refractivity (Wildman–Crippen MR) is 88.7 cm³/mol. The molecular weight excluding hydrogens is 277 g/mol. The number of halogens is 1. The Labute approximate surface area is 130 Å². The zero-order chi connectivity index (χ0) is 15.6. The molecule has 1 fully saturated rings. The van der Waals surface area contributed by atoms with Crippen LogP contribution in [0.1, 0.15) is 26.2 Å². The summed E-state index contributed by atoms with van der Waals surface area (Å²) in [6.07, 6.45) is 6.67. The lowest BCUT2D eigenvalue weighted by molar-refractivity contribution is 0.278. The van der Waals surface area contributed by atoms with E-state index in [1.807, 2.05) is 0 Å². The number of allylic oxidation sites excluding steroid dienone is 2. The summed E-state index contributed by atoms with van der Waals surface area (Å²) >= 11 is 0. The molecule has 0 aromatic heterocycles. The number of hydrogen-bond donors (Lipinski definition) is 3. The minimum atomic E-state index is -0.239. The largest absolute Gasteiger partial charge is 0.355 e. The van der Waals surface area contributed by atoms with Gasteiger partial charge in [-0.25, -0.2) is 4.39 Å². The number of rotatable bonds is 4. The Bertz CT molecular complexity index is 630. The van der Waals surface area contributed by atoms with Crippen molar-refractivity contribution in [2.75, 3.05) is 18.4 Å². The summed E-state index contributed by atoms with van der Waals surface area (Å²) in [4.78, 5) is 0. The minimum Gasteiger partial charge on any atom is -0.355 e. The molecule has 3 rings (SSSR count). The van der Waals surface area contributed by atoms with Gasteiger partial charge in [0.25, 0.3) is 0 Å². The van der Waals surface area contributed by atoms with E-state index in [0.29, 0.717) is 0 Å². The molecule has 22 heavy (non-hydrogen) atoms. The molecule has 4 heteroatoms. The Hall–Kier alpha value is -1.94. The Morgan fingerprint density at radius 3 is 2.82 bits per heavy atom. The fourth-order valence-corrected chi connectivity index (χ4v) is 3.47. The van der Waals surface area contributed by atoms with E-state index in [2.05, 4.69) is 23.6 Å². The second kappa shape index (κ2) is 6.05. The summed E-state index contributed by atoms with van der Waals surface area (Å²) in [6.45, 7) is 4.22. The first-order valence-electron chi connectivity index (χ1n) is 7.85. The van der Waals surface area contributed by atoms with Crippen LogP contribution in [-0.4, -0.2) is 19.3 Å². The van der Waals surface area contributed by atoms with Gasteiger partial charge in [0, 0.05) is 29.6 Å². The topological polar surface area (TPSA) is 47.9 Å². The van der Waals surface area contributed by atoms with E-state index >= 15 is 0 Å². The standard InChI is InChI=1S/C18H22FN3/c1-2-18-10-13(11-20)17(9-14(18)7-8-21-12-18)22-16-5-3-15(19)4-6-16/h3-6,9,11,20-22H,2,7-8,10,12H2,1H3. The Morgan fingerprint density at radius 1 is 1.36 bits per heavy atom. The van der Waals surface area contributed by atoms with E-state index in [0.717, 1.165) is 49.3 Å². The van der Waals surface area contributed by atoms with Crippen molar-refractivity contribution in [3.63, 3.8) is 0 Å². The lowest BCUT2D eigenvalue weighted by Gasteiger charge is -2.43. The van der Waals surface area contributed by atoms with Gasteiger partial charge in [0.05, 0.1) is 0 Å². The highest BCUT2D eigenvalue weighted by atomic mass is 19.1. The maximum atomic E-state index is 13.0. The Kier molecular flexibility index (Phi) is 4.12. The highest BCUT2D eigenvalue weighted by molar-refractivity contribution is 5.81. The molecule has 0 amide bonds. The van der Waals surface area contributed by atoms with Crippen LogP contribution in [0, 0.1) is 16.6 Å². The molecule has 1 aliphatic carbocycles. The van der Waals surface area contributed by atoms with Gasteiger partial charge in [-0.05, 0) is 61.7 Å². The first kappa shape index (κ1) is 15.0. The van der Waals surface area contributed by atoms with E-state index in [1.165, 1.54) is 23.9 Å². The predicted octanol–water partition coefficient (Wildman–Crippen LogP) is 3.86. The smallest absolute Gasteiger partial charge is 0.123 e. The molecule has 1 atom stereocenters. The van der Waals surface area contributed by atoms with E-state index in [4.69, 9.17) is 5.41 Å². The maximum Gasteiger partial charge on any atom is 0.123 e. The molecule has 1 saturated heterocycles. The van der Waals surface area contributed by atoms with E-state index in [1.54, 1.807) is 12.1 Å². The average Bonchev–Trinajstić information content (AvgIpc) is 2.56. The number of benzene rings is 1. The molecular formula is C18H22FN3. The van der Waals surface area contributed by atoms with Crippen LogP contribution in [0.3, 0.4) is 0 Å². The zero-order valence-electron chi connectivity index (χ0n) is 12.9. The van der Waals surface area contributed by atoms with Gasteiger partial charge >= 0.3 is 0 Å². The van der Waals surface area contributed by atoms with Crippen LogP contribution < -0.4 is 10.6 Å². The first-order valence-corrected chi connectivity index (χ1v) is 7.85. The molecule has 1 unspecified atom stereocenters. The van der Waals surface area contributed by atoms with Crippen LogP contribution in [0.2, 0.25) is 0 Å². The molecule has 116 valence electrons. The van der Waals surface area contributed by atoms with Gasteiger partial charge in [-0.2, -0.15) is 0 Å². The molecule has 0 radical (unpaired) electrons. The SMILES string of the molecule is CCC12CNCCC1=CC(Nc1ccc(F)cc1)=C(C=N)C2. The fraction of sp³-hybridized carbons (Fsp3) is 0.389. The van der Waals surface area contributed by atoms with Crippen molar-refractivity contribution in [1.29, 1.82) is 5.41 Å². The molecule has 2 aliphatic rings. The zero-order valence-corrected chi connectivity index (χ0v) is 12.9. The highest BCUT2D eigenvalue weighted by Gasteiger charge is 2.38. The molecule has 0 spiro atoms. The summed E-state index contributed by atoms with van der Waals surface area (Å²) in [7, 11) is 0. The van der Waals surface area contributed by atoms with Crippen molar-refractivity contribution >= 4 is 11.9 Å². The molecule has 0 saturated carbocycles. The number of anilines is 1. The van der Waals surface area contributed by atoms with Crippen molar-refractivity contribution in [2.45, 2.75) is 26.2 Å². The molecule has 3 nitrogen and oxygen atoms in total. The van der Waals surface area contributed by atoms with Crippen LogP contribution in [0.4, 0.5) is 10.1 Å². The van der Waals surface area contributed by atoms with Crippen LogP contribution in [0.25, 0.3) is 0 Å². The third-order valence-corrected chi connectivity index (χ3v) is 4.88. The number of nitrogens with one attached hydrogen (secondary N) is 3. The van der Waals surface area contributed by atoms with Gasteiger partial charge in [0.1, 0.15) is 5.82 Å². The second-order valence-electron chi connectivity index (χ2n) is 6.12. The molecule has 3 N–H and O–H groups in total. The van der Waals surface area contributed by atoms with Gasteiger partial charge < -0.3 is 16.0 Å². The van der Waals surface area contributed by atoms with Gasteiger partial charge in [-0.15, -0.1) is 0 Å². The van der Waals surface area contributed by atoms with Crippen molar-refractivity contribution in [2.24, 2.45) is 5.41 Å². The minimum absolute atomic E-state index is 0.152. The van der Waals surface area contributed by atoms with Crippen LogP contribution in [0.15, 0.2) is 47.2 Å². The van der Waals surface area contributed by atoms with E-state index in [9.17, 15) is 4.39 Å². The molecule has 1 aromatic rings. The summed E-state index contributed by atoms with van der Waals surface area (Å²) in [6, 6.07) is 6.35. The number of hydrogen-bond acceptors (Lipinski definition) is 3. The average molecular weight is 299 g/mol. The Morgan fingerprint density at radius 2 is 2.14 bits per heavy atom. The fourth-order valence-electron chi connectivity index (χ4n) is 3.47. The lowest BCUT2D eigenvalue weighted by atomic mass is 9.67. The van der Waals surface area contributed by atoms with Crippen LogP contribution >= 0.6 is 0 Å². The van der Waals surface area contributed by atoms with E-state index < -0.39 is 0 Å². The molecule has 1 aliphatic heterocycles. The monoisotopic (exact) mass is 299 g/mol.